The summed E-state index contributed by atoms with van der Waals surface area (Å²) in [5.41, 5.74) is 0.700. The molecule has 1 fully saturated rings. The Bertz CT molecular complexity index is 431. The van der Waals surface area contributed by atoms with E-state index in [0.29, 0.717) is 11.5 Å². The van der Waals surface area contributed by atoms with Crippen LogP contribution in [0.5, 0.6) is 0 Å². The molecule has 0 spiro atoms. The second kappa shape index (κ2) is 3.94. The van der Waals surface area contributed by atoms with Crippen LogP contribution in [-0.2, 0) is 20.3 Å². The molecule has 6 heteroatoms. The van der Waals surface area contributed by atoms with Crippen LogP contribution in [0.25, 0.3) is 0 Å². The van der Waals surface area contributed by atoms with E-state index in [1.165, 1.54) is 6.26 Å². The van der Waals surface area contributed by atoms with Crippen LogP contribution in [0.3, 0.4) is 0 Å². The first-order valence-electron chi connectivity index (χ1n) is 4.79. The topological polar surface area (TPSA) is 69.4 Å². The molecule has 1 saturated heterocycles. The molecule has 2 rings (SSSR count). The van der Waals surface area contributed by atoms with E-state index < -0.39 is 9.84 Å². The van der Waals surface area contributed by atoms with Crippen LogP contribution in [0, 0.1) is 0 Å². The van der Waals surface area contributed by atoms with Gasteiger partial charge in [-0.25, -0.2) is 8.42 Å². The number of ether oxygens (including phenoxy) is 1. The SMILES string of the molecule is CS(=O)(=O)Cc1cc(C2CCCO2)no1. The van der Waals surface area contributed by atoms with Crippen LogP contribution >= 0.6 is 0 Å². The Balaban J connectivity index is 2.10. The molecule has 84 valence electrons. The largest absolute Gasteiger partial charge is 0.372 e. The van der Waals surface area contributed by atoms with E-state index in [4.69, 9.17) is 9.26 Å². The first kappa shape index (κ1) is 10.6. The number of sulfone groups is 1. The average molecular weight is 231 g/mol. The minimum absolute atomic E-state index is 0.0259. The Hall–Kier alpha value is -0.880. The molecule has 15 heavy (non-hydrogen) atoms. The van der Waals surface area contributed by atoms with E-state index in [1.807, 2.05) is 0 Å². The fraction of sp³-hybridized carbons (Fsp3) is 0.667. The Morgan fingerprint density at radius 3 is 3.00 bits per heavy atom. The van der Waals surface area contributed by atoms with Gasteiger partial charge in [0.25, 0.3) is 0 Å². The van der Waals surface area contributed by atoms with E-state index >= 15 is 0 Å². The molecular formula is C9H13NO4S. The van der Waals surface area contributed by atoms with Crippen LogP contribution in [-0.4, -0.2) is 26.4 Å². The Labute approximate surface area is 88.3 Å². The third-order valence-electron chi connectivity index (χ3n) is 2.24. The van der Waals surface area contributed by atoms with Crippen LogP contribution in [0.15, 0.2) is 10.6 Å². The monoisotopic (exact) mass is 231 g/mol. The van der Waals surface area contributed by atoms with Crippen molar-refractivity contribution in [2.45, 2.75) is 24.7 Å². The van der Waals surface area contributed by atoms with Crippen molar-refractivity contribution in [3.63, 3.8) is 0 Å². The third kappa shape index (κ3) is 2.79. The minimum atomic E-state index is -3.06. The molecule has 2 heterocycles. The molecule has 1 aliphatic heterocycles. The van der Waals surface area contributed by atoms with Crippen molar-refractivity contribution in [3.05, 3.63) is 17.5 Å². The summed E-state index contributed by atoms with van der Waals surface area (Å²) in [6.45, 7) is 0.735. The van der Waals surface area contributed by atoms with Gasteiger partial charge >= 0.3 is 0 Å². The summed E-state index contributed by atoms with van der Waals surface area (Å²) in [5.74, 6) is 0.273. The van der Waals surface area contributed by atoms with Gasteiger partial charge in [0, 0.05) is 18.9 Å². The summed E-state index contributed by atoms with van der Waals surface area (Å²) in [4.78, 5) is 0. The molecule has 0 radical (unpaired) electrons. The highest BCUT2D eigenvalue weighted by molar-refractivity contribution is 7.89. The van der Waals surface area contributed by atoms with Gasteiger partial charge in [-0.05, 0) is 12.8 Å². The highest BCUT2D eigenvalue weighted by Gasteiger charge is 2.22. The number of aromatic nitrogens is 1. The number of rotatable bonds is 3. The summed E-state index contributed by atoms with van der Waals surface area (Å²) in [6.07, 6.45) is 3.08. The van der Waals surface area contributed by atoms with E-state index in [2.05, 4.69) is 5.16 Å². The molecule has 0 saturated carbocycles. The molecule has 0 aromatic carbocycles. The van der Waals surface area contributed by atoms with Gasteiger partial charge in [-0.1, -0.05) is 5.16 Å². The van der Waals surface area contributed by atoms with Gasteiger partial charge in [-0.2, -0.15) is 0 Å². The van der Waals surface area contributed by atoms with Gasteiger partial charge in [0.1, 0.15) is 17.6 Å². The molecule has 1 aromatic rings. The fourth-order valence-corrected chi connectivity index (χ4v) is 2.27. The maximum atomic E-state index is 11.0. The van der Waals surface area contributed by atoms with Crippen LogP contribution in [0.2, 0.25) is 0 Å². The molecule has 5 nitrogen and oxygen atoms in total. The summed E-state index contributed by atoms with van der Waals surface area (Å²) in [6, 6.07) is 1.66. The van der Waals surface area contributed by atoms with Gasteiger partial charge in [-0.15, -0.1) is 0 Å². The lowest BCUT2D eigenvalue weighted by Gasteiger charge is -2.01. The van der Waals surface area contributed by atoms with Crippen LogP contribution < -0.4 is 0 Å². The van der Waals surface area contributed by atoms with Crippen molar-refractivity contribution < 1.29 is 17.7 Å². The average Bonchev–Trinajstić information content (AvgIpc) is 2.68. The summed E-state index contributed by atoms with van der Waals surface area (Å²) < 4.78 is 32.4. The van der Waals surface area contributed by atoms with Crippen molar-refractivity contribution in [1.82, 2.24) is 5.16 Å². The van der Waals surface area contributed by atoms with Crippen molar-refractivity contribution in [3.8, 4) is 0 Å². The molecule has 0 bridgehead atoms. The van der Waals surface area contributed by atoms with Crippen molar-refractivity contribution in [2.24, 2.45) is 0 Å². The van der Waals surface area contributed by atoms with E-state index in [1.54, 1.807) is 6.07 Å². The van der Waals surface area contributed by atoms with Gasteiger partial charge < -0.3 is 9.26 Å². The molecule has 1 atom stereocenters. The Morgan fingerprint density at radius 1 is 1.60 bits per heavy atom. The first-order chi connectivity index (χ1) is 7.04. The predicted molar refractivity (Wildman–Crippen MR) is 53.0 cm³/mol. The number of nitrogens with zero attached hydrogens (tertiary/aromatic N) is 1. The van der Waals surface area contributed by atoms with Crippen molar-refractivity contribution in [2.75, 3.05) is 12.9 Å². The van der Waals surface area contributed by atoms with Gasteiger partial charge in [0.05, 0.1) is 0 Å². The maximum Gasteiger partial charge on any atom is 0.154 e. The highest BCUT2D eigenvalue weighted by atomic mass is 32.2. The number of hydrogen-bond acceptors (Lipinski definition) is 5. The van der Waals surface area contributed by atoms with Crippen LogP contribution in [0.4, 0.5) is 0 Å². The molecule has 1 unspecified atom stereocenters. The zero-order chi connectivity index (χ0) is 10.9. The van der Waals surface area contributed by atoms with Gasteiger partial charge in [0.2, 0.25) is 0 Å². The van der Waals surface area contributed by atoms with E-state index in [0.717, 1.165) is 19.4 Å². The third-order valence-corrected chi connectivity index (χ3v) is 3.05. The lowest BCUT2D eigenvalue weighted by Crippen LogP contribution is -1.99. The lowest BCUT2D eigenvalue weighted by molar-refractivity contribution is 0.105. The van der Waals surface area contributed by atoms with E-state index in [-0.39, 0.29) is 11.9 Å². The van der Waals surface area contributed by atoms with Crippen molar-refractivity contribution in [1.29, 1.82) is 0 Å². The predicted octanol–water partition coefficient (Wildman–Crippen LogP) is 1.07. The first-order valence-corrected chi connectivity index (χ1v) is 6.85. The zero-order valence-electron chi connectivity index (χ0n) is 8.47. The molecule has 0 aliphatic carbocycles. The summed E-state index contributed by atoms with van der Waals surface area (Å²) in [5, 5.41) is 3.82. The fourth-order valence-electron chi connectivity index (χ4n) is 1.62. The standard InChI is InChI=1S/C9H13NO4S/c1-15(11,12)6-7-5-8(10-14-7)9-3-2-4-13-9/h5,9H,2-4,6H2,1H3. The Morgan fingerprint density at radius 2 is 2.40 bits per heavy atom. The van der Waals surface area contributed by atoms with Crippen LogP contribution in [0.1, 0.15) is 30.4 Å². The maximum absolute atomic E-state index is 11.0. The summed E-state index contributed by atoms with van der Waals surface area (Å²) in [7, 11) is -3.06. The normalized spacial score (nSPS) is 22.1. The van der Waals surface area contributed by atoms with Gasteiger partial charge in [-0.3, -0.25) is 0 Å². The minimum Gasteiger partial charge on any atom is -0.372 e. The quantitative estimate of drug-likeness (QED) is 0.778. The molecule has 1 aromatic heterocycles. The second-order valence-corrected chi connectivity index (χ2v) is 5.93. The number of hydrogen-bond donors (Lipinski definition) is 0. The molecular weight excluding hydrogens is 218 g/mol. The molecule has 1 aliphatic rings. The Kier molecular flexibility index (Phi) is 2.79. The van der Waals surface area contributed by atoms with E-state index in [9.17, 15) is 8.42 Å². The smallest absolute Gasteiger partial charge is 0.154 e. The lowest BCUT2D eigenvalue weighted by atomic mass is 10.2. The van der Waals surface area contributed by atoms with Crippen molar-refractivity contribution >= 4 is 9.84 Å². The van der Waals surface area contributed by atoms with Gasteiger partial charge in [0.15, 0.2) is 15.6 Å². The second-order valence-electron chi connectivity index (χ2n) is 3.79. The summed E-state index contributed by atoms with van der Waals surface area (Å²) >= 11 is 0. The molecule has 0 amide bonds. The molecule has 0 N–H and O–H groups in total. The highest BCUT2D eigenvalue weighted by Crippen LogP contribution is 2.28. The zero-order valence-corrected chi connectivity index (χ0v) is 9.29.